The number of esters is 1. The first-order chi connectivity index (χ1) is 6.27. The van der Waals surface area contributed by atoms with Gasteiger partial charge in [-0.2, -0.15) is 0 Å². The molecule has 1 saturated heterocycles. The van der Waals surface area contributed by atoms with Gasteiger partial charge >= 0.3 is 5.97 Å². The molecule has 14 heavy (non-hydrogen) atoms. The van der Waals surface area contributed by atoms with E-state index < -0.39 is 0 Å². The van der Waals surface area contributed by atoms with Crippen molar-refractivity contribution < 1.29 is 9.53 Å². The van der Waals surface area contributed by atoms with E-state index in [1.54, 1.807) is 0 Å². The maximum absolute atomic E-state index is 11.4. The zero-order chi connectivity index (χ0) is 9.68. The minimum absolute atomic E-state index is 0. The lowest BCUT2D eigenvalue weighted by molar-refractivity contribution is -0.149. The molecule has 0 spiro atoms. The van der Waals surface area contributed by atoms with Gasteiger partial charge in [-0.1, -0.05) is 6.92 Å². The normalized spacial score (nSPS) is 26.4. The second kappa shape index (κ2) is 7.07. The highest BCUT2D eigenvalue weighted by Crippen LogP contribution is 2.19. The van der Waals surface area contributed by atoms with Crippen molar-refractivity contribution in [3.05, 3.63) is 0 Å². The first kappa shape index (κ1) is 13.7. The molecule has 1 aliphatic rings. The summed E-state index contributed by atoms with van der Waals surface area (Å²) in [4.78, 5) is 11.4. The van der Waals surface area contributed by atoms with Crippen LogP contribution in [-0.2, 0) is 9.53 Å². The van der Waals surface area contributed by atoms with Crippen LogP contribution in [0.25, 0.3) is 0 Å². The molecule has 0 unspecified atom stereocenters. The first-order valence-corrected chi connectivity index (χ1v) is 5.18. The predicted molar refractivity (Wildman–Crippen MR) is 58.7 cm³/mol. The number of rotatable bonds is 3. The Morgan fingerprint density at radius 1 is 1.50 bits per heavy atom. The number of piperidine rings is 1. The molecule has 1 N–H and O–H groups in total. The van der Waals surface area contributed by atoms with E-state index in [4.69, 9.17) is 4.74 Å². The fraction of sp³-hybridized carbons (Fsp3) is 0.900. The Balaban J connectivity index is 0.00000169. The molecule has 1 aliphatic heterocycles. The van der Waals surface area contributed by atoms with Crippen molar-refractivity contribution in [2.45, 2.75) is 39.2 Å². The Kier molecular flexibility index (Phi) is 6.93. The largest absolute Gasteiger partial charge is 0.466 e. The number of ether oxygens (including phenoxy) is 1. The lowest BCUT2D eigenvalue weighted by Gasteiger charge is -2.28. The van der Waals surface area contributed by atoms with Crippen molar-refractivity contribution in [1.82, 2.24) is 5.32 Å². The number of carbonyl (C=O) groups is 1. The summed E-state index contributed by atoms with van der Waals surface area (Å²) in [6, 6.07) is 0.503. The summed E-state index contributed by atoms with van der Waals surface area (Å²) in [6.45, 7) is 5.45. The van der Waals surface area contributed by atoms with Gasteiger partial charge in [0.1, 0.15) is 0 Å². The Bertz CT molecular complexity index is 176. The van der Waals surface area contributed by atoms with E-state index in [0.29, 0.717) is 12.6 Å². The molecule has 84 valence electrons. The SMILES string of the molecule is CCOC(=O)[C@@H]1CCN[C@H](CC)C1.Cl. The van der Waals surface area contributed by atoms with Gasteiger partial charge in [0.2, 0.25) is 0 Å². The summed E-state index contributed by atoms with van der Waals surface area (Å²) < 4.78 is 5.01. The lowest BCUT2D eigenvalue weighted by Crippen LogP contribution is -2.40. The van der Waals surface area contributed by atoms with Crippen molar-refractivity contribution in [3.63, 3.8) is 0 Å². The highest BCUT2D eigenvalue weighted by molar-refractivity contribution is 5.85. The molecule has 0 amide bonds. The van der Waals surface area contributed by atoms with Gasteiger partial charge in [0, 0.05) is 6.04 Å². The molecule has 1 rings (SSSR count). The van der Waals surface area contributed by atoms with Crippen LogP contribution < -0.4 is 5.32 Å². The van der Waals surface area contributed by atoms with Crippen LogP contribution in [0, 0.1) is 5.92 Å². The molecule has 0 aromatic carbocycles. The quantitative estimate of drug-likeness (QED) is 0.738. The van der Waals surface area contributed by atoms with E-state index in [1.165, 1.54) is 0 Å². The summed E-state index contributed by atoms with van der Waals surface area (Å²) in [7, 11) is 0. The number of halogens is 1. The van der Waals surface area contributed by atoms with Gasteiger partial charge in [0.15, 0.2) is 0 Å². The van der Waals surface area contributed by atoms with E-state index in [-0.39, 0.29) is 24.3 Å². The van der Waals surface area contributed by atoms with E-state index in [0.717, 1.165) is 25.8 Å². The van der Waals surface area contributed by atoms with E-state index in [2.05, 4.69) is 12.2 Å². The van der Waals surface area contributed by atoms with E-state index >= 15 is 0 Å². The summed E-state index contributed by atoms with van der Waals surface area (Å²) in [5, 5.41) is 3.39. The molecule has 3 nitrogen and oxygen atoms in total. The molecule has 0 saturated carbocycles. The molecule has 0 radical (unpaired) electrons. The van der Waals surface area contributed by atoms with Gasteiger partial charge in [-0.25, -0.2) is 0 Å². The Labute approximate surface area is 92.0 Å². The smallest absolute Gasteiger partial charge is 0.309 e. The molecule has 1 heterocycles. The third kappa shape index (κ3) is 3.84. The fourth-order valence-corrected chi connectivity index (χ4v) is 1.79. The minimum atomic E-state index is -0.0116. The number of carbonyl (C=O) groups excluding carboxylic acids is 1. The predicted octanol–water partition coefficient (Wildman–Crippen LogP) is 1.75. The summed E-state index contributed by atoms with van der Waals surface area (Å²) in [5.74, 6) is 0.119. The van der Waals surface area contributed by atoms with Gasteiger partial charge in [0.25, 0.3) is 0 Å². The molecule has 0 bridgehead atoms. The number of hydrogen-bond acceptors (Lipinski definition) is 3. The monoisotopic (exact) mass is 221 g/mol. The molecule has 0 aromatic heterocycles. The van der Waals surface area contributed by atoms with Gasteiger partial charge < -0.3 is 10.1 Å². The highest BCUT2D eigenvalue weighted by Gasteiger charge is 2.26. The van der Waals surface area contributed by atoms with Crippen LogP contribution in [0.5, 0.6) is 0 Å². The highest BCUT2D eigenvalue weighted by atomic mass is 35.5. The first-order valence-electron chi connectivity index (χ1n) is 5.18. The van der Waals surface area contributed by atoms with Gasteiger partial charge in [0.05, 0.1) is 12.5 Å². The van der Waals surface area contributed by atoms with Crippen molar-refractivity contribution in [1.29, 1.82) is 0 Å². The van der Waals surface area contributed by atoms with Crippen LogP contribution in [0.3, 0.4) is 0 Å². The lowest BCUT2D eigenvalue weighted by atomic mass is 9.91. The topological polar surface area (TPSA) is 38.3 Å². The van der Waals surface area contributed by atoms with Gasteiger partial charge in [-0.3, -0.25) is 4.79 Å². The van der Waals surface area contributed by atoms with E-state index in [9.17, 15) is 4.79 Å². The van der Waals surface area contributed by atoms with E-state index in [1.807, 2.05) is 6.92 Å². The third-order valence-corrected chi connectivity index (χ3v) is 2.61. The van der Waals surface area contributed by atoms with Crippen LogP contribution in [0.1, 0.15) is 33.1 Å². The van der Waals surface area contributed by atoms with Crippen LogP contribution in [0.15, 0.2) is 0 Å². The zero-order valence-corrected chi connectivity index (χ0v) is 9.73. The fourth-order valence-electron chi connectivity index (χ4n) is 1.79. The molecule has 1 fully saturated rings. The molecule has 0 aromatic rings. The standard InChI is InChI=1S/C10H19NO2.ClH/c1-3-9-7-8(5-6-11-9)10(12)13-4-2;/h8-9,11H,3-7H2,1-2H3;1H/t8-,9-;/m1./s1. The van der Waals surface area contributed by atoms with Crippen LogP contribution in [-0.4, -0.2) is 25.2 Å². The Morgan fingerprint density at radius 2 is 2.21 bits per heavy atom. The number of hydrogen-bond donors (Lipinski definition) is 1. The molecule has 0 aliphatic carbocycles. The molecule has 2 atom stereocenters. The maximum atomic E-state index is 11.4. The Morgan fingerprint density at radius 3 is 2.79 bits per heavy atom. The van der Waals surface area contributed by atoms with Crippen molar-refractivity contribution in [2.24, 2.45) is 5.92 Å². The minimum Gasteiger partial charge on any atom is -0.466 e. The second-order valence-electron chi connectivity index (χ2n) is 3.53. The van der Waals surface area contributed by atoms with Crippen molar-refractivity contribution >= 4 is 18.4 Å². The average molecular weight is 222 g/mol. The Hall–Kier alpha value is -0.280. The van der Waals surface area contributed by atoms with Gasteiger partial charge in [-0.15, -0.1) is 12.4 Å². The zero-order valence-electron chi connectivity index (χ0n) is 8.91. The van der Waals surface area contributed by atoms with Crippen LogP contribution in [0.2, 0.25) is 0 Å². The van der Waals surface area contributed by atoms with Gasteiger partial charge in [-0.05, 0) is 32.7 Å². The average Bonchev–Trinajstić information content (AvgIpc) is 2.18. The molecular weight excluding hydrogens is 202 g/mol. The van der Waals surface area contributed by atoms with Crippen LogP contribution >= 0.6 is 12.4 Å². The summed E-state index contributed by atoms with van der Waals surface area (Å²) in [6.07, 6.45) is 2.96. The van der Waals surface area contributed by atoms with Crippen molar-refractivity contribution in [2.75, 3.05) is 13.2 Å². The third-order valence-electron chi connectivity index (χ3n) is 2.61. The number of nitrogens with one attached hydrogen (secondary N) is 1. The van der Waals surface area contributed by atoms with Crippen molar-refractivity contribution in [3.8, 4) is 0 Å². The molecular formula is C10H20ClNO2. The van der Waals surface area contributed by atoms with Crippen LogP contribution in [0.4, 0.5) is 0 Å². The summed E-state index contributed by atoms with van der Waals surface area (Å²) >= 11 is 0. The second-order valence-corrected chi connectivity index (χ2v) is 3.53. The maximum Gasteiger partial charge on any atom is 0.309 e. The summed E-state index contributed by atoms with van der Waals surface area (Å²) in [5.41, 5.74) is 0. The molecule has 4 heteroatoms.